The number of hydrogen-bond acceptors (Lipinski definition) is 4. The van der Waals surface area contributed by atoms with Crippen LogP contribution in [0.25, 0.3) is 11.1 Å². The molecule has 0 aliphatic heterocycles. The number of ether oxygens (including phenoxy) is 2. The Hall–Kier alpha value is -2.98. The normalized spacial score (nSPS) is 17.6. The minimum atomic E-state index is -0.396. The first kappa shape index (κ1) is 24.3. The Balaban J connectivity index is 0.000000785. The summed E-state index contributed by atoms with van der Waals surface area (Å²) in [5, 5.41) is 0. The Morgan fingerprint density at radius 1 is 1.00 bits per heavy atom. The molecular formula is C27H32O4. The second kappa shape index (κ2) is 12.7. The first-order chi connectivity index (χ1) is 15.0. The van der Waals surface area contributed by atoms with Crippen molar-refractivity contribution in [3.8, 4) is 16.9 Å². The Kier molecular flexibility index (Phi) is 9.92. The molecule has 31 heavy (non-hydrogen) atoms. The molecule has 4 heteroatoms. The Labute approximate surface area is 185 Å². The summed E-state index contributed by atoms with van der Waals surface area (Å²) in [4.78, 5) is 20.6. The summed E-state index contributed by atoms with van der Waals surface area (Å²) >= 11 is 0. The topological polar surface area (TPSA) is 52.6 Å². The van der Waals surface area contributed by atoms with Gasteiger partial charge in [0, 0.05) is 19.3 Å². The summed E-state index contributed by atoms with van der Waals surface area (Å²) in [6.45, 7) is 9.24. The monoisotopic (exact) mass is 420 g/mol. The lowest BCUT2D eigenvalue weighted by Crippen LogP contribution is -2.17. The zero-order valence-electron chi connectivity index (χ0n) is 18.5. The molecule has 1 aliphatic rings. The van der Waals surface area contributed by atoms with Crippen LogP contribution in [-0.2, 0) is 14.3 Å². The van der Waals surface area contributed by atoms with Crippen molar-refractivity contribution >= 4 is 12.3 Å². The fourth-order valence-corrected chi connectivity index (χ4v) is 3.76. The number of aldehydes is 1. The van der Waals surface area contributed by atoms with Gasteiger partial charge in [-0.15, -0.1) is 0 Å². The predicted octanol–water partition coefficient (Wildman–Crippen LogP) is 6.13. The van der Waals surface area contributed by atoms with E-state index in [-0.39, 0.29) is 0 Å². The Morgan fingerprint density at radius 3 is 1.97 bits per heavy atom. The fraction of sp³-hybridized carbons (Fsp3) is 0.333. The van der Waals surface area contributed by atoms with Gasteiger partial charge in [0.05, 0.1) is 0 Å². The van der Waals surface area contributed by atoms with Crippen LogP contribution < -0.4 is 4.74 Å². The molecule has 0 amide bonds. The van der Waals surface area contributed by atoms with E-state index in [1.54, 1.807) is 14.0 Å². The molecule has 1 fully saturated rings. The molecule has 0 heterocycles. The number of carbonyl (C=O) groups excluding carboxylic acids is 2. The van der Waals surface area contributed by atoms with Crippen molar-refractivity contribution in [2.75, 3.05) is 13.7 Å². The largest absolute Gasteiger partial charge is 0.423 e. The molecule has 0 N–H and O–H groups in total. The fourth-order valence-electron chi connectivity index (χ4n) is 3.76. The molecule has 3 rings (SSSR count). The molecule has 1 aliphatic carbocycles. The first-order valence-electron chi connectivity index (χ1n) is 10.6. The van der Waals surface area contributed by atoms with Gasteiger partial charge in [-0.2, -0.15) is 0 Å². The second-order valence-corrected chi connectivity index (χ2v) is 7.86. The van der Waals surface area contributed by atoms with E-state index in [4.69, 9.17) is 14.3 Å². The van der Waals surface area contributed by atoms with Crippen LogP contribution in [0.5, 0.6) is 5.75 Å². The van der Waals surface area contributed by atoms with Crippen molar-refractivity contribution in [2.45, 2.75) is 38.5 Å². The second-order valence-electron chi connectivity index (χ2n) is 7.86. The van der Waals surface area contributed by atoms with Gasteiger partial charge < -0.3 is 9.47 Å². The maximum atomic E-state index is 11.6. The average molecular weight is 421 g/mol. The van der Waals surface area contributed by atoms with Gasteiger partial charge in [-0.05, 0) is 79.3 Å². The summed E-state index contributed by atoms with van der Waals surface area (Å²) in [5.74, 6) is 1.53. The van der Waals surface area contributed by atoms with Crippen LogP contribution in [0.2, 0.25) is 0 Å². The Bertz CT molecular complexity index is 851. The maximum Gasteiger partial charge on any atom is 0.338 e. The van der Waals surface area contributed by atoms with E-state index < -0.39 is 5.97 Å². The van der Waals surface area contributed by atoms with E-state index in [0.29, 0.717) is 23.5 Å². The third kappa shape index (κ3) is 7.65. The lowest BCUT2D eigenvalue weighted by molar-refractivity contribution is -0.130. The van der Waals surface area contributed by atoms with Gasteiger partial charge >= 0.3 is 5.97 Å². The molecule has 0 bridgehead atoms. The van der Waals surface area contributed by atoms with Crippen molar-refractivity contribution in [2.24, 2.45) is 5.92 Å². The van der Waals surface area contributed by atoms with Crippen LogP contribution in [0.4, 0.5) is 0 Å². The highest BCUT2D eigenvalue weighted by Crippen LogP contribution is 2.36. The van der Waals surface area contributed by atoms with Gasteiger partial charge in [0.2, 0.25) is 0 Å². The zero-order chi connectivity index (χ0) is 22.6. The van der Waals surface area contributed by atoms with Crippen molar-refractivity contribution < 1.29 is 19.1 Å². The molecule has 2 aromatic rings. The molecule has 0 aromatic heterocycles. The predicted molar refractivity (Wildman–Crippen MR) is 125 cm³/mol. The van der Waals surface area contributed by atoms with Crippen LogP contribution in [0, 0.1) is 5.92 Å². The zero-order valence-corrected chi connectivity index (χ0v) is 18.5. The maximum absolute atomic E-state index is 11.6. The molecule has 0 unspecified atom stereocenters. The van der Waals surface area contributed by atoms with E-state index >= 15 is 0 Å². The van der Waals surface area contributed by atoms with Crippen molar-refractivity contribution in [1.29, 1.82) is 0 Å². The highest BCUT2D eigenvalue weighted by atomic mass is 16.5. The van der Waals surface area contributed by atoms with Crippen LogP contribution in [0.1, 0.15) is 44.1 Å². The number of carbonyl (C=O) groups is 2. The number of rotatable bonds is 7. The van der Waals surface area contributed by atoms with Gasteiger partial charge in [0.15, 0.2) is 0 Å². The summed E-state index contributed by atoms with van der Waals surface area (Å²) in [7, 11) is 1.79. The minimum Gasteiger partial charge on any atom is -0.423 e. The van der Waals surface area contributed by atoms with E-state index in [0.717, 1.165) is 18.1 Å². The van der Waals surface area contributed by atoms with Gasteiger partial charge in [-0.3, -0.25) is 4.79 Å². The third-order valence-electron chi connectivity index (χ3n) is 5.47. The number of benzene rings is 2. The summed E-state index contributed by atoms with van der Waals surface area (Å²) in [5.41, 5.74) is 4.11. The van der Waals surface area contributed by atoms with E-state index in [1.807, 2.05) is 24.3 Å². The standard InChI is InChI=1S/C24H28O3.C3H4O/c1-17(2)24(25)27-23-14-12-22(13-15-23)21-10-8-20(9-11-21)19-6-4-18(5-7-19)16-26-3;1-2-3-4/h8-15,18-19H,1,4-7,16H2,2-3H3;2-3H,1H2. The van der Waals surface area contributed by atoms with E-state index in [1.165, 1.54) is 42.9 Å². The van der Waals surface area contributed by atoms with Crippen molar-refractivity contribution in [1.82, 2.24) is 0 Å². The first-order valence-corrected chi connectivity index (χ1v) is 10.6. The average Bonchev–Trinajstić information content (AvgIpc) is 2.80. The molecule has 0 atom stereocenters. The molecule has 0 saturated heterocycles. The highest BCUT2D eigenvalue weighted by Gasteiger charge is 2.22. The number of allylic oxidation sites excluding steroid dienone is 1. The van der Waals surface area contributed by atoms with Crippen molar-refractivity contribution in [3.05, 3.63) is 78.9 Å². The van der Waals surface area contributed by atoms with Crippen LogP contribution in [0.15, 0.2) is 73.3 Å². The summed E-state index contributed by atoms with van der Waals surface area (Å²) < 4.78 is 10.5. The van der Waals surface area contributed by atoms with Gasteiger partial charge in [-0.1, -0.05) is 49.6 Å². The van der Waals surface area contributed by atoms with Gasteiger partial charge in [0.25, 0.3) is 0 Å². The van der Waals surface area contributed by atoms with Gasteiger partial charge in [-0.25, -0.2) is 4.79 Å². The Morgan fingerprint density at radius 2 is 1.52 bits per heavy atom. The van der Waals surface area contributed by atoms with Crippen LogP contribution in [0.3, 0.4) is 0 Å². The third-order valence-corrected chi connectivity index (χ3v) is 5.47. The molecule has 0 radical (unpaired) electrons. The number of esters is 1. The minimum absolute atomic E-state index is 0.394. The molecule has 1 saturated carbocycles. The van der Waals surface area contributed by atoms with Crippen LogP contribution in [-0.4, -0.2) is 26.0 Å². The highest BCUT2D eigenvalue weighted by molar-refractivity contribution is 5.88. The van der Waals surface area contributed by atoms with E-state index in [9.17, 15) is 4.79 Å². The van der Waals surface area contributed by atoms with Crippen LogP contribution >= 0.6 is 0 Å². The number of methoxy groups -OCH3 is 1. The molecular weight excluding hydrogens is 388 g/mol. The summed E-state index contributed by atoms with van der Waals surface area (Å²) in [6.07, 6.45) is 6.83. The smallest absolute Gasteiger partial charge is 0.338 e. The molecule has 2 aromatic carbocycles. The lowest BCUT2D eigenvalue weighted by Gasteiger charge is -2.28. The SMILES string of the molecule is C=C(C)C(=O)Oc1ccc(-c2ccc(C3CCC(COC)CC3)cc2)cc1.C=CC=O. The molecule has 164 valence electrons. The van der Waals surface area contributed by atoms with E-state index in [2.05, 4.69) is 37.4 Å². The van der Waals surface area contributed by atoms with Gasteiger partial charge in [0.1, 0.15) is 12.0 Å². The number of hydrogen-bond donors (Lipinski definition) is 0. The molecule has 4 nitrogen and oxygen atoms in total. The lowest BCUT2D eigenvalue weighted by atomic mass is 9.79. The van der Waals surface area contributed by atoms with Crippen molar-refractivity contribution in [3.63, 3.8) is 0 Å². The quantitative estimate of drug-likeness (QED) is 0.234. The molecule has 0 spiro atoms. The summed E-state index contributed by atoms with van der Waals surface area (Å²) in [6, 6.07) is 16.5.